The zero-order valence-electron chi connectivity index (χ0n) is 41.3. The quantitative estimate of drug-likeness (QED) is 0.0451. The Morgan fingerprint density at radius 1 is 0.283 bits per heavy atom. The van der Waals surface area contributed by atoms with E-state index in [4.69, 9.17) is 14.2 Å². The summed E-state index contributed by atoms with van der Waals surface area (Å²) < 4.78 is 17.5. The molecule has 0 radical (unpaired) electrons. The Hall–Kier alpha value is -1.10. The third-order valence-electron chi connectivity index (χ3n) is 12.7. The molecular formula is C55H108O5. The van der Waals surface area contributed by atoms with Crippen molar-refractivity contribution in [2.75, 3.05) is 19.8 Å². The maximum absolute atomic E-state index is 12.6. The van der Waals surface area contributed by atoms with Gasteiger partial charge in [-0.1, -0.05) is 284 Å². The molecule has 0 heterocycles. The summed E-state index contributed by atoms with van der Waals surface area (Å²) in [6.45, 7) is 7.81. The van der Waals surface area contributed by atoms with Crippen LogP contribution in [0.4, 0.5) is 0 Å². The SMILES string of the molecule is CCCCCCCCCCCCCCCCCCCC(=O)OC[C@H](COC(=O)CCCCCCCCCCCCC)OCCCCCCCCCCCCCCCCCC. The van der Waals surface area contributed by atoms with Gasteiger partial charge in [-0.05, 0) is 19.3 Å². The molecule has 0 saturated carbocycles. The van der Waals surface area contributed by atoms with Crippen molar-refractivity contribution in [3.8, 4) is 0 Å². The maximum Gasteiger partial charge on any atom is 0.305 e. The second-order valence-corrected chi connectivity index (χ2v) is 18.9. The van der Waals surface area contributed by atoms with Gasteiger partial charge in [0.25, 0.3) is 0 Å². The molecule has 5 nitrogen and oxygen atoms in total. The molecule has 0 aliphatic heterocycles. The molecular weight excluding hydrogens is 741 g/mol. The summed E-state index contributed by atoms with van der Waals surface area (Å²) in [7, 11) is 0. The van der Waals surface area contributed by atoms with Gasteiger partial charge in [0, 0.05) is 19.4 Å². The minimum atomic E-state index is -0.387. The second kappa shape index (κ2) is 52.2. The molecule has 0 bridgehead atoms. The fourth-order valence-corrected chi connectivity index (χ4v) is 8.49. The monoisotopic (exact) mass is 849 g/mol. The number of hydrogen-bond acceptors (Lipinski definition) is 5. The second-order valence-electron chi connectivity index (χ2n) is 18.9. The van der Waals surface area contributed by atoms with Crippen molar-refractivity contribution in [3.05, 3.63) is 0 Å². The number of rotatable bonds is 52. The van der Waals surface area contributed by atoms with E-state index in [0.717, 1.165) is 38.5 Å². The first-order chi connectivity index (χ1) is 29.6. The minimum Gasteiger partial charge on any atom is -0.463 e. The number of unbranched alkanes of at least 4 members (excludes halogenated alkanes) is 41. The number of ether oxygens (including phenoxy) is 3. The van der Waals surface area contributed by atoms with Crippen molar-refractivity contribution in [3.63, 3.8) is 0 Å². The molecule has 0 aliphatic carbocycles. The smallest absolute Gasteiger partial charge is 0.305 e. The van der Waals surface area contributed by atoms with Gasteiger partial charge in [0.1, 0.15) is 19.3 Å². The molecule has 0 aromatic rings. The fourth-order valence-electron chi connectivity index (χ4n) is 8.49. The molecule has 0 amide bonds. The van der Waals surface area contributed by atoms with Crippen LogP contribution in [-0.4, -0.2) is 37.9 Å². The molecule has 0 aliphatic rings. The lowest BCUT2D eigenvalue weighted by Gasteiger charge is -2.18. The normalized spacial score (nSPS) is 12.0. The highest BCUT2D eigenvalue weighted by Gasteiger charge is 2.16. The van der Waals surface area contributed by atoms with Crippen molar-refractivity contribution < 1.29 is 23.8 Å². The van der Waals surface area contributed by atoms with Gasteiger partial charge in [-0.3, -0.25) is 9.59 Å². The van der Waals surface area contributed by atoms with E-state index >= 15 is 0 Å². The predicted molar refractivity (Wildman–Crippen MR) is 261 cm³/mol. The topological polar surface area (TPSA) is 61.8 Å². The summed E-state index contributed by atoms with van der Waals surface area (Å²) >= 11 is 0. The summed E-state index contributed by atoms with van der Waals surface area (Å²) in [5, 5.41) is 0. The van der Waals surface area contributed by atoms with Crippen molar-refractivity contribution >= 4 is 11.9 Å². The first-order valence-corrected chi connectivity index (χ1v) is 27.6. The Morgan fingerprint density at radius 3 is 0.717 bits per heavy atom. The summed E-state index contributed by atoms with van der Waals surface area (Å²) in [5.41, 5.74) is 0. The van der Waals surface area contributed by atoms with Gasteiger partial charge < -0.3 is 14.2 Å². The van der Waals surface area contributed by atoms with Crippen LogP contribution < -0.4 is 0 Å². The molecule has 0 spiro atoms. The lowest BCUT2D eigenvalue weighted by atomic mass is 10.0. The Morgan fingerprint density at radius 2 is 0.483 bits per heavy atom. The van der Waals surface area contributed by atoms with Crippen molar-refractivity contribution in [1.82, 2.24) is 0 Å². The van der Waals surface area contributed by atoms with E-state index in [9.17, 15) is 9.59 Å². The number of carbonyl (C=O) groups is 2. The predicted octanol–water partition coefficient (Wildman–Crippen LogP) is 18.5. The molecule has 0 aromatic carbocycles. The molecule has 0 saturated heterocycles. The van der Waals surface area contributed by atoms with Crippen LogP contribution >= 0.6 is 0 Å². The van der Waals surface area contributed by atoms with E-state index in [2.05, 4.69) is 20.8 Å². The standard InChI is InChI=1S/C55H108O5/c1-4-7-10-13-16-19-22-24-26-28-29-31-34-37-40-43-46-49-55(57)60-52-53(51-59-54(56)48-45-42-39-36-33-21-18-15-12-9-6-3)58-50-47-44-41-38-35-32-30-27-25-23-20-17-14-11-8-5-2/h53H,4-52H2,1-3H3/t53-/m0/s1. The molecule has 60 heavy (non-hydrogen) atoms. The molecule has 0 N–H and O–H groups in total. The third kappa shape index (κ3) is 49.6. The fraction of sp³-hybridized carbons (Fsp3) is 0.964. The van der Waals surface area contributed by atoms with Gasteiger partial charge in [-0.2, -0.15) is 0 Å². The van der Waals surface area contributed by atoms with E-state index in [1.165, 1.54) is 244 Å². The van der Waals surface area contributed by atoms with E-state index in [-0.39, 0.29) is 31.3 Å². The van der Waals surface area contributed by atoms with Gasteiger partial charge in [-0.15, -0.1) is 0 Å². The van der Waals surface area contributed by atoms with Crippen LogP contribution in [0.15, 0.2) is 0 Å². The lowest BCUT2D eigenvalue weighted by Crippen LogP contribution is -2.29. The summed E-state index contributed by atoms with van der Waals surface area (Å²) in [6.07, 6.45) is 58.5. The number of carbonyl (C=O) groups excluding carboxylic acids is 2. The maximum atomic E-state index is 12.6. The summed E-state index contributed by atoms with van der Waals surface area (Å²) in [4.78, 5) is 25.2. The largest absolute Gasteiger partial charge is 0.463 e. The molecule has 0 aromatic heterocycles. The van der Waals surface area contributed by atoms with Crippen LogP contribution in [0.25, 0.3) is 0 Å². The van der Waals surface area contributed by atoms with Gasteiger partial charge in [0.05, 0.1) is 0 Å². The van der Waals surface area contributed by atoms with Crippen LogP contribution in [-0.2, 0) is 23.8 Å². The van der Waals surface area contributed by atoms with Crippen LogP contribution in [0.1, 0.15) is 316 Å². The van der Waals surface area contributed by atoms with Crippen LogP contribution in [0.3, 0.4) is 0 Å². The van der Waals surface area contributed by atoms with Gasteiger partial charge in [0.15, 0.2) is 0 Å². The van der Waals surface area contributed by atoms with Gasteiger partial charge in [0.2, 0.25) is 0 Å². The van der Waals surface area contributed by atoms with E-state index in [1.54, 1.807) is 0 Å². The number of hydrogen-bond donors (Lipinski definition) is 0. The van der Waals surface area contributed by atoms with Crippen LogP contribution in [0.5, 0.6) is 0 Å². The van der Waals surface area contributed by atoms with Gasteiger partial charge in [-0.25, -0.2) is 0 Å². The van der Waals surface area contributed by atoms with E-state index < -0.39 is 0 Å². The van der Waals surface area contributed by atoms with Gasteiger partial charge >= 0.3 is 11.9 Å². The first-order valence-electron chi connectivity index (χ1n) is 27.6. The zero-order valence-corrected chi connectivity index (χ0v) is 41.3. The molecule has 5 heteroatoms. The van der Waals surface area contributed by atoms with E-state index in [1.807, 2.05) is 0 Å². The van der Waals surface area contributed by atoms with Crippen molar-refractivity contribution in [2.24, 2.45) is 0 Å². The zero-order chi connectivity index (χ0) is 43.5. The number of esters is 2. The first kappa shape index (κ1) is 58.9. The molecule has 0 unspecified atom stereocenters. The highest BCUT2D eigenvalue weighted by Crippen LogP contribution is 2.17. The summed E-state index contributed by atoms with van der Waals surface area (Å²) in [5.74, 6) is -0.309. The Balaban J connectivity index is 4.15. The molecule has 358 valence electrons. The average Bonchev–Trinajstić information content (AvgIpc) is 3.25. The Kier molecular flexibility index (Phi) is 51.3. The van der Waals surface area contributed by atoms with Crippen LogP contribution in [0, 0.1) is 0 Å². The third-order valence-corrected chi connectivity index (χ3v) is 12.7. The average molecular weight is 849 g/mol. The minimum absolute atomic E-state index is 0.153. The molecule has 0 fully saturated rings. The molecule has 1 atom stereocenters. The Bertz CT molecular complexity index is 830. The van der Waals surface area contributed by atoms with Crippen molar-refractivity contribution in [1.29, 1.82) is 0 Å². The summed E-state index contributed by atoms with van der Waals surface area (Å²) in [6, 6.07) is 0. The Labute approximate surface area is 376 Å². The highest BCUT2D eigenvalue weighted by atomic mass is 16.6. The van der Waals surface area contributed by atoms with E-state index in [0.29, 0.717) is 19.4 Å². The molecule has 0 rings (SSSR count). The highest BCUT2D eigenvalue weighted by molar-refractivity contribution is 5.69. The lowest BCUT2D eigenvalue weighted by molar-refractivity contribution is -0.155. The van der Waals surface area contributed by atoms with Crippen molar-refractivity contribution in [2.45, 2.75) is 322 Å². The van der Waals surface area contributed by atoms with Crippen LogP contribution in [0.2, 0.25) is 0 Å².